The van der Waals surface area contributed by atoms with E-state index in [9.17, 15) is 27.1 Å². The average molecular weight is 521 g/mol. The van der Waals surface area contributed by atoms with Crippen LogP contribution in [0.5, 0.6) is 11.5 Å². The van der Waals surface area contributed by atoms with Crippen molar-refractivity contribution in [2.75, 3.05) is 17.9 Å². The Bertz CT molecular complexity index is 1460. The number of anilines is 1. The van der Waals surface area contributed by atoms with Crippen molar-refractivity contribution in [3.05, 3.63) is 70.8 Å². The summed E-state index contributed by atoms with van der Waals surface area (Å²) in [5, 5.41) is 10.0. The van der Waals surface area contributed by atoms with E-state index in [1.54, 1.807) is 29.2 Å². The van der Waals surface area contributed by atoms with Crippen LogP contribution in [0, 0.1) is 11.6 Å². The second-order valence-corrected chi connectivity index (χ2v) is 10.4. The summed E-state index contributed by atoms with van der Waals surface area (Å²) in [7, 11) is -4.64. The van der Waals surface area contributed by atoms with Gasteiger partial charge in [-0.05, 0) is 37.1 Å². The van der Waals surface area contributed by atoms with Crippen molar-refractivity contribution < 1.29 is 31.8 Å². The number of hydrogen-bond donors (Lipinski definition) is 2. The van der Waals surface area contributed by atoms with Crippen LogP contribution in [0.1, 0.15) is 23.2 Å². The predicted molar refractivity (Wildman–Crippen MR) is 125 cm³/mol. The van der Waals surface area contributed by atoms with Gasteiger partial charge in [-0.3, -0.25) is 9.52 Å². The Morgan fingerprint density at radius 1 is 1.06 bits per heavy atom. The summed E-state index contributed by atoms with van der Waals surface area (Å²) < 4.78 is 63.7. The van der Waals surface area contributed by atoms with E-state index in [2.05, 4.69) is 0 Å². The number of amides is 1. The lowest BCUT2D eigenvalue weighted by atomic mass is 10.0. The number of fused-ring (bicyclic) bond motifs is 6. The van der Waals surface area contributed by atoms with E-state index in [0.717, 1.165) is 25.0 Å². The first-order valence-corrected chi connectivity index (χ1v) is 12.6. The maximum absolute atomic E-state index is 14.8. The number of benzene rings is 3. The third-order valence-electron chi connectivity index (χ3n) is 5.88. The number of nitrogens with zero attached hydrogens (tertiary/aromatic N) is 1. The molecule has 11 heteroatoms. The molecule has 5 rings (SSSR count). The highest BCUT2D eigenvalue weighted by Gasteiger charge is 2.34. The molecule has 0 radical (unpaired) electrons. The van der Waals surface area contributed by atoms with Gasteiger partial charge in [-0.25, -0.2) is 17.2 Å². The monoisotopic (exact) mass is 520 g/mol. The second kappa shape index (κ2) is 8.69. The largest absolute Gasteiger partial charge is 0.505 e. The third kappa shape index (κ3) is 4.39. The molecule has 0 atom stereocenters. The summed E-state index contributed by atoms with van der Waals surface area (Å²) in [4.78, 5) is 14.1. The Morgan fingerprint density at radius 2 is 1.80 bits per heavy atom. The molecule has 0 saturated heterocycles. The molecule has 2 aliphatic rings. The number of hydrogen-bond acceptors (Lipinski definition) is 5. The number of sulfonamides is 1. The number of rotatable bonds is 1. The van der Waals surface area contributed by atoms with E-state index in [-0.39, 0.29) is 46.7 Å². The number of ether oxygens (including phenoxy) is 1. The van der Waals surface area contributed by atoms with Crippen molar-refractivity contribution >= 4 is 33.2 Å². The normalized spacial score (nSPS) is 17.5. The number of carbonyl (C=O) groups excluding carboxylic acids is 1. The van der Waals surface area contributed by atoms with Crippen LogP contribution in [-0.4, -0.2) is 43.5 Å². The van der Waals surface area contributed by atoms with Gasteiger partial charge in [0.1, 0.15) is 28.9 Å². The first kappa shape index (κ1) is 23.4. The number of carbonyl (C=O) groups is 1. The number of aromatic hydroxyl groups is 1. The Morgan fingerprint density at radius 3 is 2.54 bits per heavy atom. The zero-order valence-electron chi connectivity index (χ0n) is 18.1. The number of halogens is 3. The first-order chi connectivity index (χ1) is 16.7. The molecule has 182 valence electrons. The number of nitrogens with one attached hydrogen (secondary N) is 1. The zero-order chi connectivity index (χ0) is 24.9. The Hall–Kier alpha value is -3.37. The van der Waals surface area contributed by atoms with Crippen LogP contribution < -0.4 is 9.46 Å². The summed E-state index contributed by atoms with van der Waals surface area (Å²) in [5.74, 6) is -3.10. The summed E-state index contributed by atoms with van der Waals surface area (Å²) in [6.07, 6.45) is 1.55. The van der Waals surface area contributed by atoms with Gasteiger partial charge in [-0.1, -0.05) is 29.8 Å². The van der Waals surface area contributed by atoms with Crippen molar-refractivity contribution in [3.63, 3.8) is 0 Å². The van der Waals surface area contributed by atoms with Crippen molar-refractivity contribution in [1.29, 1.82) is 0 Å². The summed E-state index contributed by atoms with van der Waals surface area (Å²) in [6, 6.07) is 10.1. The molecule has 7 nitrogen and oxygen atoms in total. The molecule has 4 bridgehead atoms. The van der Waals surface area contributed by atoms with Gasteiger partial charge in [0, 0.05) is 28.8 Å². The smallest absolute Gasteiger partial charge is 0.265 e. The first-order valence-electron chi connectivity index (χ1n) is 10.7. The molecule has 0 spiro atoms. The maximum Gasteiger partial charge on any atom is 0.265 e. The minimum Gasteiger partial charge on any atom is -0.505 e. The SMILES string of the molecule is O=C1c2cc(Cl)c(O)c(c2)S(=O)(=O)Nc2cc(c(F)cc2F)-c2ccccc2OCCN1C1CC1. The standard InChI is InChI=1S/C24H19ClF2N2O5S/c25-17-9-13-10-22(23(17)30)35(32,33)28-20-11-16(18(26)12-19(20)27)15-3-1-2-4-21(15)34-8-7-29(24(13)31)14-5-6-14/h1-4,9-12,14,28,30H,5-8H2. The fourth-order valence-electron chi connectivity index (χ4n) is 4.01. The molecule has 1 aliphatic heterocycles. The lowest BCUT2D eigenvalue weighted by Crippen LogP contribution is -2.36. The van der Waals surface area contributed by atoms with E-state index in [1.807, 2.05) is 4.72 Å². The predicted octanol–water partition coefficient (Wildman–Crippen LogP) is 4.79. The number of para-hydroxylation sites is 1. The van der Waals surface area contributed by atoms with Gasteiger partial charge in [0.05, 0.1) is 17.3 Å². The van der Waals surface area contributed by atoms with Crippen LogP contribution in [-0.2, 0) is 10.0 Å². The zero-order valence-corrected chi connectivity index (χ0v) is 19.7. The van der Waals surface area contributed by atoms with Gasteiger partial charge in [0.15, 0.2) is 5.75 Å². The van der Waals surface area contributed by atoms with Crippen molar-refractivity contribution in [1.82, 2.24) is 4.90 Å². The van der Waals surface area contributed by atoms with Gasteiger partial charge in [-0.15, -0.1) is 0 Å². The van der Waals surface area contributed by atoms with Crippen LogP contribution in [0.4, 0.5) is 14.5 Å². The maximum atomic E-state index is 14.8. The van der Waals surface area contributed by atoms with E-state index in [0.29, 0.717) is 6.07 Å². The van der Waals surface area contributed by atoms with Crippen molar-refractivity contribution in [2.45, 2.75) is 23.8 Å². The molecule has 1 aliphatic carbocycles. The van der Waals surface area contributed by atoms with Gasteiger partial charge in [0.2, 0.25) is 0 Å². The Balaban J connectivity index is 1.71. The minimum atomic E-state index is -4.64. The molecule has 0 unspecified atom stereocenters. The molecule has 1 fully saturated rings. The topological polar surface area (TPSA) is 95.9 Å². The molecule has 35 heavy (non-hydrogen) atoms. The van der Waals surface area contributed by atoms with E-state index >= 15 is 0 Å². The van der Waals surface area contributed by atoms with Gasteiger partial charge in [0.25, 0.3) is 15.9 Å². The van der Waals surface area contributed by atoms with Crippen LogP contribution in [0.2, 0.25) is 5.02 Å². The van der Waals surface area contributed by atoms with E-state index in [1.165, 1.54) is 6.07 Å². The highest BCUT2D eigenvalue weighted by Crippen LogP contribution is 2.38. The van der Waals surface area contributed by atoms with Gasteiger partial charge >= 0.3 is 0 Å². The Labute approximate surface area is 204 Å². The van der Waals surface area contributed by atoms with Crippen LogP contribution in [0.25, 0.3) is 11.1 Å². The third-order valence-corrected chi connectivity index (χ3v) is 7.55. The van der Waals surface area contributed by atoms with E-state index in [4.69, 9.17) is 16.3 Å². The molecule has 3 aromatic carbocycles. The van der Waals surface area contributed by atoms with E-state index < -0.39 is 43.9 Å². The molecule has 1 saturated carbocycles. The molecule has 2 N–H and O–H groups in total. The lowest BCUT2D eigenvalue weighted by Gasteiger charge is -2.23. The molecular weight excluding hydrogens is 502 g/mol. The number of phenolic OH excluding ortho intramolecular Hbond substituents is 1. The van der Waals surface area contributed by atoms with Crippen molar-refractivity contribution in [2.24, 2.45) is 0 Å². The summed E-state index contributed by atoms with van der Waals surface area (Å²) in [6.45, 7) is 0.248. The summed E-state index contributed by atoms with van der Waals surface area (Å²) >= 11 is 6.06. The molecule has 3 aromatic rings. The molecular formula is C24H19ClF2N2O5S. The average Bonchev–Trinajstić information content (AvgIpc) is 3.65. The molecule has 1 heterocycles. The van der Waals surface area contributed by atoms with Gasteiger partial charge < -0.3 is 14.7 Å². The minimum absolute atomic E-state index is 0.0515. The summed E-state index contributed by atoms with van der Waals surface area (Å²) in [5.41, 5.74) is -0.440. The highest BCUT2D eigenvalue weighted by molar-refractivity contribution is 7.92. The van der Waals surface area contributed by atoms with Crippen LogP contribution >= 0.6 is 11.6 Å². The van der Waals surface area contributed by atoms with Crippen LogP contribution in [0.3, 0.4) is 0 Å². The van der Waals surface area contributed by atoms with Crippen molar-refractivity contribution in [3.8, 4) is 22.6 Å². The number of phenols is 1. The fraction of sp³-hybridized carbons (Fsp3) is 0.208. The molecule has 0 aromatic heterocycles. The quantitative estimate of drug-likeness (QED) is 0.481. The van der Waals surface area contributed by atoms with Crippen LogP contribution in [0.15, 0.2) is 53.4 Å². The highest BCUT2D eigenvalue weighted by atomic mass is 35.5. The Kier molecular flexibility index (Phi) is 5.80. The van der Waals surface area contributed by atoms with Gasteiger partial charge in [-0.2, -0.15) is 0 Å². The fourth-order valence-corrected chi connectivity index (χ4v) is 5.48. The lowest BCUT2D eigenvalue weighted by molar-refractivity contribution is 0.0716. The second-order valence-electron chi connectivity index (χ2n) is 8.30. The molecule has 1 amide bonds.